The molecule has 18 heavy (non-hydrogen) atoms. The Kier molecular flexibility index (Phi) is 5.36. The topological polar surface area (TPSA) is 57.6 Å². The summed E-state index contributed by atoms with van der Waals surface area (Å²) in [6.07, 6.45) is 1.16. The minimum absolute atomic E-state index is 0.0237. The van der Waals surface area contributed by atoms with Crippen LogP contribution in [0.5, 0.6) is 0 Å². The molecular formula is C14H19NO3. The number of hydrogen-bond donors (Lipinski definition) is 1. The summed E-state index contributed by atoms with van der Waals surface area (Å²) in [6.45, 7) is 4.10. The molecule has 0 spiro atoms. The van der Waals surface area contributed by atoms with Gasteiger partial charge in [-0.25, -0.2) is 0 Å². The van der Waals surface area contributed by atoms with Gasteiger partial charge in [0.15, 0.2) is 0 Å². The molecule has 1 rings (SSSR count). The highest BCUT2D eigenvalue weighted by molar-refractivity contribution is 5.93. The van der Waals surface area contributed by atoms with Gasteiger partial charge in [-0.1, -0.05) is 19.1 Å². The van der Waals surface area contributed by atoms with E-state index in [1.807, 2.05) is 38.1 Å². The van der Waals surface area contributed by atoms with Crippen LogP contribution in [0, 0.1) is 6.92 Å². The van der Waals surface area contributed by atoms with Crippen LogP contribution in [0.2, 0.25) is 0 Å². The normalized spacial score (nSPS) is 10.1. The number of aryl methyl sites for hydroxylation is 1. The summed E-state index contributed by atoms with van der Waals surface area (Å²) < 4.78 is 0. The fourth-order valence-electron chi connectivity index (χ4n) is 1.75. The molecule has 0 unspecified atom stereocenters. The predicted octanol–water partition coefficient (Wildman–Crippen LogP) is 2.60. The van der Waals surface area contributed by atoms with Crippen LogP contribution in [0.25, 0.3) is 0 Å². The average molecular weight is 249 g/mol. The van der Waals surface area contributed by atoms with E-state index in [0.29, 0.717) is 6.42 Å². The first-order valence-electron chi connectivity index (χ1n) is 6.13. The zero-order valence-corrected chi connectivity index (χ0v) is 10.8. The third-order valence-electron chi connectivity index (χ3n) is 2.63. The molecule has 0 atom stereocenters. The third-order valence-corrected chi connectivity index (χ3v) is 2.63. The Morgan fingerprint density at radius 3 is 2.56 bits per heavy atom. The summed E-state index contributed by atoms with van der Waals surface area (Å²) in [5.74, 6) is -0.915. The second-order valence-electron chi connectivity index (χ2n) is 4.28. The zero-order valence-electron chi connectivity index (χ0n) is 10.8. The Balaban J connectivity index is 2.88. The Morgan fingerprint density at radius 2 is 2.00 bits per heavy atom. The van der Waals surface area contributed by atoms with Gasteiger partial charge in [-0.15, -0.1) is 0 Å². The lowest BCUT2D eigenvalue weighted by molar-refractivity contribution is -0.136. The van der Waals surface area contributed by atoms with Gasteiger partial charge >= 0.3 is 5.97 Å². The summed E-state index contributed by atoms with van der Waals surface area (Å²) in [4.78, 5) is 24.2. The Bertz CT molecular complexity index is 429. The fraction of sp³-hybridized carbons (Fsp3) is 0.429. The smallest absolute Gasteiger partial charge is 0.305 e. The van der Waals surface area contributed by atoms with E-state index in [-0.39, 0.29) is 18.9 Å². The van der Waals surface area contributed by atoms with Crippen LogP contribution in [-0.4, -0.2) is 23.5 Å². The lowest BCUT2D eigenvalue weighted by Gasteiger charge is -2.22. The Hall–Kier alpha value is -1.84. The van der Waals surface area contributed by atoms with Gasteiger partial charge < -0.3 is 10.0 Å². The number of carboxylic acid groups (broad SMARTS) is 1. The summed E-state index contributed by atoms with van der Waals surface area (Å²) in [5, 5.41) is 8.74. The number of carbonyl (C=O) groups excluding carboxylic acids is 1. The molecule has 0 bridgehead atoms. The van der Waals surface area contributed by atoms with Crippen LogP contribution < -0.4 is 4.90 Å². The van der Waals surface area contributed by atoms with Crippen molar-refractivity contribution in [3.8, 4) is 0 Å². The van der Waals surface area contributed by atoms with Gasteiger partial charge in [-0.2, -0.15) is 0 Å². The van der Waals surface area contributed by atoms with Gasteiger partial charge in [0.05, 0.1) is 6.42 Å². The number of anilines is 1. The largest absolute Gasteiger partial charge is 0.481 e. The SMILES string of the molecule is CCCC(=O)N(CCC(=O)O)c1cccc(C)c1. The minimum Gasteiger partial charge on any atom is -0.481 e. The number of amides is 1. The minimum atomic E-state index is -0.892. The summed E-state index contributed by atoms with van der Waals surface area (Å²) in [6, 6.07) is 7.55. The molecule has 0 aromatic heterocycles. The number of carboxylic acids is 1. The number of hydrogen-bond acceptors (Lipinski definition) is 2. The molecular weight excluding hydrogens is 230 g/mol. The van der Waals surface area contributed by atoms with Crippen molar-refractivity contribution in [3.63, 3.8) is 0 Å². The molecule has 1 N–H and O–H groups in total. The van der Waals surface area contributed by atoms with E-state index in [1.54, 1.807) is 4.90 Å². The molecule has 0 radical (unpaired) electrons. The van der Waals surface area contributed by atoms with Crippen LogP contribution in [0.3, 0.4) is 0 Å². The van der Waals surface area contributed by atoms with Crippen LogP contribution in [0.1, 0.15) is 31.7 Å². The van der Waals surface area contributed by atoms with E-state index in [4.69, 9.17) is 5.11 Å². The van der Waals surface area contributed by atoms with Crippen LogP contribution in [-0.2, 0) is 9.59 Å². The Morgan fingerprint density at radius 1 is 1.28 bits per heavy atom. The predicted molar refractivity (Wildman–Crippen MR) is 70.7 cm³/mol. The second-order valence-corrected chi connectivity index (χ2v) is 4.28. The number of aliphatic carboxylic acids is 1. The van der Waals surface area contributed by atoms with Crippen molar-refractivity contribution in [2.24, 2.45) is 0 Å². The maximum atomic E-state index is 12.0. The van der Waals surface area contributed by atoms with E-state index in [0.717, 1.165) is 17.7 Å². The summed E-state index contributed by atoms with van der Waals surface area (Å²) in [7, 11) is 0. The second kappa shape index (κ2) is 6.79. The third kappa shape index (κ3) is 4.20. The molecule has 0 saturated heterocycles. The first-order valence-corrected chi connectivity index (χ1v) is 6.13. The molecule has 1 aromatic rings. The summed E-state index contributed by atoms with van der Waals surface area (Å²) >= 11 is 0. The Labute approximate surface area is 107 Å². The molecule has 1 amide bonds. The molecule has 0 fully saturated rings. The first kappa shape index (κ1) is 14.2. The van der Waals surface area contributed by atoms with E-state index in [2.05, 4.69) is 0 Å². The van der Waals surface area contributed by atoms with Gasteiger partial charge in [0.2, 0.25) is 5.91 Å². The number of nitrogens with zero attached hydrogens (tertiary/aromatic N) is 1. The molecule has 4 heteroatoms. The van der Waals surface area contributed by atoms with Crippen molar-refractivity contribution in [1.82, 2.24) is 0 Å². The standard InChI is InChI=1S/C14H19NO3/c1-3-5-13(16)15(9-8-14(17)18)12-7-4-6-11(2)10-12/h4,6-7,10H,3,5,8-9H2,1-2H3,(H,17,18). The monoisotopic (exact) mass is 249 g/mol. The fourth-order valence-corrected chi connectivity index (χ4v) is 1.75. The van der Waals surface area contributed by atoms with Crippen molar-refractivity contribution in [2.45, 2.75) is 33.1 Å². The van der Waals surface area contributed by atoms with Crippen molar-refractivity contribution >= 4 is 17.6 Å². The van der Waals surface area contributed by atoms with Crippen molar-refractivity contribution in [2.75, 3.05) is 11.4 Å². The lowest BCUT2D eigenvalue weighted by atomic mass is 10.2. The highest BCUT2D eigenvalue weighted by Crippen LogP contribution is 2.17. The van der Waals surface area contributed by atoms with Crippen molar-refractivity contribution in [1.29, 1.82) is 0 Å². The molecule has 4 nitrogen and oxygen atoms in total. The summed E-state index contributed by atoms with van der Waals surface area (Å²) in [5.41, 5.74) is 1.83. The molecule has 1 aromatic carbocycles. The molecule has 0 heterocycles. The molecule has 0 aliphatic rings. The van der Waals surface area contributed by atoms with Gasteiger partial charge in [0, 0.05) is 18.7 Å². The van der Waals surface area contributed by atoms with Crippen molar-refractivity contribution in [3.05, 3.63) is 29.8 Å². The van der Waals surface area contributed by atoms with E-state index in [1.165, 1.54) is 0 Å². The first-order chi connectivity index (χ1) is 8.54. The van der Waals surface area contributed by atoms with Gasteiger partial charge in [0.1, 0.15) is 0 Å². The van der Waals surface area contributed by atoms with Crippen LogP contribution >= 0.6 is 0 Å². The lowest BCUT2D eigenvalue weighted by Crippen LogP contribution is -2.32. The maximum Gasteiger partial charge on any atom is 0.305 e. The van der Waals surface area contributed by atoms with E-state index >= 15 is 0 Å². The van der Waals surface area contributed by atoms with Crippen LogP contribution in [0.15, 0.2) is 24.3 Å². The van der Waals surface area contributed by atoms with Gasteiger partial charge in [0.25, 0.3) is 0 Å². The number of rotatable bonds is 6. The highest BCUT2D eigenvalue weighted by Gasteiger charge is 2.15. The maximum absolute atomic E-state index is 12.0. The molecule has 0 aliphatic heterocycles. The highest BCUT2D eigenvalue weighted by atomic mass is 16.4. The number of benzene rings is 1. The molecule has 0 aliphatic carbocycles. The van der Waals surface area contributed by atoms with Crippen LogP contribution in [0.4, 0.5) is 5.69 Å². The van der Waals surface area contributed by atoms with E-state index in [9.17, 15) is 9.59 Å². The molecule has 0 saturated carbocycles. The van der Waals surface area contributed by atoms with Gasteiger partial charge in [-0.3, -0.25) is 9.59 Å². The average Bonchev–Trinajstić information content (AvgIpc) is 2.29. The number of carbonyl (C=O) groups is 2. The molecule has 98 valence electrons. The zero-order chi connectivity index (χ0) is 13.5. The van der Waals surface area contributed by atoms with Gasteiger partial charge in [-0.05, 0) is 31.0 Å². The quantitative estimate of drug-likeness (QED) is 0.843. The van der Waals surface area contributed by atoms with E-state index < -0.39 is 5.97 Å². The van der Waals surface area contributed by atoms with Crippen molar-refractivity contribution < 1.29 is 14.7 Å².